The van der Waals surface area contributed by atoms with E-state index in [9.17, 15) is 9.90 Å². The molecular weight excluding hydrogens is 462 g/mol. The Hall–Kier alpha value is -3.51. The van der Waals surface area contributed by atoms with Crippen LogP contribution in [0.3, 0.4) is 0 Å². The molecule has 0 spiro atoms. The summed E-state index contributed by atoms with van der Waals surface area (Å²) < 4.78 is 6.15. The van der Waals surface area contributed by atoms with Crippen LogP contribution in [0.4, 0.5) is 0 Å². The van der Waals surface area contributed by atoms with E-state index in [2.05, 4.69) is 0 Å². The number of amides is 1. The number of hydrogen-bond acceptors (Lipinski definition) is 4. The topological polar surface area (TPSA) is 59.0 Å². The van der Waals surface area contributed by atoms with Gasteiger partial charge in [0.1, 0.15) is 6.10 Å². The number of aliphatic hydroxyl groups excluding tert-OH is 1. The lowest BCUT2D eigenvalue weighted by molar-refractivity contribution is -0.252. The van der Waals surface area contributed by atoms with Gasteiger partial charge in [-0.25, -0.2) is 5.06 Å². The Bertz CT molecular complexity index is 1300. The van der Waals surface area contributed by atoms with E-state index in [0.717, 1.165) is 21.9 Å². The lowest BCUT2D eigenvalue weighted by Gasteiger charge is -2.37. The molecule has 0 saturated carbocycles. The van der Waals surface area contributed by atoms with Crippen LogP contribution in [0.5, 0.6) is 0 Å². The molecule has 0 aliphatic heterocycles. The van der Waals surface area contributed by atoms with Crippen LogP contribution in [0.2, 0.25) is 0 Å². The van der Waals surface area contributed by atoms with Gasteiger partial charge >= 0.3 is 0 Å². The van der Waals surface area contributed by atoms with Crippen molar-refractivity contribution in [3.8, 4) is 0 Å². The van der Waals surface area contributed by atoms with Gasteiger partial charge in [0, 0.05) is 0 Å². The van der Waals surface area contributed by atoms with E-state index in [1.54, 1.807) is 12.1 Å². The first-order valence-electron chi connectivity index (χ1n) is 12.6. The van der Waals surface area contributed by atoms with Crippen LogP contribution >= 0.6 is 0 Å². The summed E-state index contributed by atoms with van der Waals surface area (Å²) >= 11 is 0. The average Bonchev–Trinajstić information content (AvgIpc) is 2.91. The van der Waals surface area contributed by atoms with Crippen molar-refractivity contribution >= 4 is 16.7 Å². The summed E-state index contributed by atoms with van der Waals surface area (Å²) in [4.78, 5) is 20.5. The number of rotatable bonds is 9. The Morgan fingerprint density at radius 3 is 2.11 bits per heavy atom. The molecule has 0 heterocycles. The van der Waals surface area contributed by atoms with E-state index >= 15 is 0 Å². The van der Waals surface area contributed by atoms with Crippen LogP contribution < -0.4 is 0 Å². The van der Waals surface area contributed by atoms with Gasteiger partial charge in [-0.2, -0.15) is 0 Å². The van der Waals surface area contributed by atoms with Crippen LogP contribution in [0.1, 0.15) is 56.5 Å². The van der Waals surface area contributed by atoms with E-state index < -0.39 is 29.8 Å². The van der Waals surface area contributed by atoms with Crippen LogP contribution in [0.15, 0.2) is 103 Å². The van der Waals surface area contributed by atoms with Crippen molar-refractivity contribution in [2.24, 2.45) is 0 Å². The number of aliphatic hydroxyl groups is 1. The smallest absolute Gasteiger partial charge is 0.278 e. The van der Waals surface area contributed by atoms with E-state index in [4.69, 9.17) is 9.57 Å². The van der Waals surface area contributed by atoms with Gasteiger partial charge < -0.3 is 9.84 Å². The molecule has 3 atom stereocenters. The number of ether oxygens (including phenoxy) is 1. The summed E-state index contributed by atoms with van der Waals surface area (Å²) in [5.41, 5.74) is 1.80. The number of nitrogens with zero attached hydrogens (tertiary/aromatic N) is 1. The first-order valence-corrected chi connectivity index (χ1v) is 12.6. The highest BCUT2D eigenvalue weighted by molar-refractivity contribution is 5.87. The molecule has 5 nitrogen and oxygen atoms in total. The first kappa shape index (κ1) is 26.6. The van der Waals surface area contributed by atoms with Crippen LogP contribution in [0, 0.1) is 0 Å². The molecule has 0 aliphatic rings. The summed E-state index contributed by atoms with van der Waals surface area (Å²) in [6, 6.07) is 32.4. The quantitative estimate of drug-likeness (QED) is 0.259. The summed E-state index contributed by atoms with van der Waals surface area (Å²) in [5, 5.41) is 14.9. The maximum Gasteiger partial charge on any atom is 0.278 e. The van der Waals surface area contributed by atoms with Crippen molar-refractivity contribution in [2.45, 2.75) is 58.2 Å². The zero-order chi connectivity index (χ0) is 26.4. The van der Waals surface area contributed by atoms with Crippen LogP contribution in [-0.4, -0.2) is 27.8 Å². The summed E-state index contributed by atoms with van der Waals surface area (Å²) in [6.07, 6.45) is -2.36. The van der Waals surface area contributed by atoms with Gasteiger partial charge in [0.2, 0.25) is 0 Å². The Morgan fingerprint density at radius 2 is 1.43 bits per heavy atom. The molecule has 37 heavy (non-hydrogen) atoms. The normalized spacial score (nSPS) is 14.2. The van der Waals surface area contributed by atoms with Gasteiger partial charge in [0.25, 0.3) is 5.91 Å². The second-order valence-electron chi connectivity index (χ2n) is 10.2. The van der Waals surface area contributed by atoms with E-state index in [1.165, 1.54) is 5.06 Å². The second kappa shape index (κ2) is 11.7. The Morgan fingerprint density at radius 1 is 0.838 bits per heavy atom. The standard InChI is InChI=1S/C32H35NO4/c1-23(27-21-13-19-25-16-11-12-20-28(25)27)33(37-32(2,3)4)31(35)30(29(34)26-17-9-6-10-18-26)36-22-24-14-7-5-8-15-24/h5-21,23,29-30,34H,22H2,1-4H3/t23-,29-,30+/m1/s1. The van der Waals surface area contributed by atoms with Crippen molar-refractivity contribution in [3.63, 3.8) is 0 Å². The van der Waals surface area contributed by atoms with Gasteiger partial charge in [-0.05, 0) is 55.2 Å². The maximum absolute atomic E-state index is 14.2. The molecule has 4 aromatic rings. The molecule has 0 bridgehead atoms. The van der Waals surface area contributed by atoms with E-state index in [0.29, 0.717) is 5.56 Å². The number of carbonyl (C=O) groups is 1. The van der Waals surface area contributed by atoms with Gasteiger partial charge in [0.05, 0.1) is 18.2 Å². The molecule has 0 aliphatic carbocycles. The first-order chi connectivity index (χ1) is 17.7. The number of carbonyl (C=O) groups excluding carboxylic acids is 1. The third-order valence-corrected chi connectivity index (χ3v) is 6.16. The highest BCUT2D eigenvalue weighted by Gasteiger charge is 2.38. The zero-order valence-corrected chi connectivity index (χ0v) is 21.9. The van der Waals surface area contributed by atoms with Crippen LogP contribution in [0.25, 0.3) is 10.8 Å². The molecule has 0 saturated heterocycles. The Kier molecular flexibility index (Phi) is 8.39. The fourth-order valence-corrected chi connectivity index (χ4v) is 4.36. The van der Waals surface area contributed by atoms with Gasteiger partial charge in [-0.15, -0.1) is 0 Å². The molecule has 0 unspecified atom stereocenters. The number of hydroxylamine groups is 2. The lowest BCUT2D eigenvalue weighted by atomic mass is 9.98. The molecule has 1 N–H and O–H groups in total. The monoisotopic (exact) mass is 497 g/mol. The minimum Gasteiger partial charge on any atom is -0.385 e. The van der Waals surface area contributed by atoms with E-state index in [-0.39, 0.29) is 6.61 Å². The van der Waals surface area contributed by atoms with E-state index in [1.807, 2.05) is 119 Å². The Labute approximate surface area is 219 Å². The van der Waals surface area contributed by atoms with Crippen molar-refractivity contribution < 1.29 is 19.5 Å². The fraction of sp³-hybridized carbons (Fsp3) is 0.281. The summed E-state index contributed by atoms with van der Waals surface area (Å²) in [7, 11) is 0. The average molecular weight is 498 g/mol. The summed E-state index contributed by atoms with van der Waals surface area (Å²) in [6.45, 7) is 7.81. The Balaban J connectivity index is 1.72. The largest absolute Gasteiger partial charge is 0.385 e. The predicted octanol–water partition coefficient (Wildman–Crippen LogP) is 6.78. The highest BCUT2D eigenvalue weighted by atomic mass is 16.7. The van der Waals surface area contributed by atoms with Gasteiger partial charge in [-0.1, -0.05) is 103 Å². The number of fused-ring (bicyclic) bond motifs is 1. The molecule has 4 rings (SSSR count). The second-order valence-corrected chi connectivity index (χ2v) is 10.2. The molecule has 5 heteroatoms. The van der Waals surface area contributed by atoms with Crippen molar-refractivity contribution in [3.05, 3.63) is 120 Å². The third kappa shape index (κ3) is 6.63. The van der Waals surface area contributed by atoms with Gasteiger partial charge in [-0.3, -0.25) is 9.63 Å². The zero-order valence-electron chi connectivity index (χ0n) is 21.9. The molecule has 0 aromatic heterocycles. The molecule has 0 radical (unpaired) electrons. The molecule has 1 amide bonds. The van der Waals surface area contributed by atoms with Crippen LogP contribution in [-0.2, 0) is 21.0 Å². The maximum atomic E-state index is 14.2. The molecular formula is C32H35NO4. The summed E-state index contributed by atoms with van der Waals surface area (Å²) in [5.74, 6) is -0.442. The van der Waals surface area contributed by atoms with Crippen molar-refractivity contribution in [1.82, 2.24) is 5.06 Å². The fourth-order valence-electron chi connectivity index (χ4n) is 4.36. The van der Waals surface area contributed by atoms with Crippen molar-refractivity contribution in [2.75, 3.05) is 0 Å². The lowest BCUT2D eigenvalue weighted by Crippen LogP contribution is -2.47. The predicted molar refractivity (Wildman–Crippen MR) is 146 cm³/mol. The third-order valence-electron chi connectivity index (χ3n) is 6.16. The molecule has 4 aromatic carbocycles. The van der Waals surface area contributed by atoms with Crippen molar-refractivity contribution in [1.29, 1.82) is 0 Å². The number of benzene rings is 4. The molecule has 0 fully saturated rings. The highest BCUT2D eigenvalue weighted by Crippen LogP contribution is 2.33. The number of hydrogen-bond donors (Lipinski definition) is 1. The minimum atomic E-state index is -1.18. The molecule has 192 valence electrons. The van der Waals surface area contributed by atoms with Gasteiger partial charge in [0.15, 0.2) is 6.10 Å². The minimum absolute atomic E-state index is 0.174. The SMILES string of the molecule is C[C@H](c1cccc2ccccc12)N(OC(C)(C)C)C(=O)[C@@H](OCc1ccccc1)[C@H](O)c1ccccc1.